The van der Waals surface area contributed by atoms with Crippen LogP contribution in [0.15, 0.2) is 23.8 Å². The lowest BCUT2D eigenvalue weighted by Gasteiger charge is -2.05. The summed E-state index contributed by atoms with van der Waals surface area (Å²) in [4.78, 5) is 20.0. The maximum atomic E-state index is 11.8. The first-order valence-corrected chi connectivity index (χ1v) is 6.43. The summed E-state index contributed by atoms with van der Waals surface area (Å²) in [7, 11) is 0. The molecule has 6 heteroatoms. The molecule has 94 valence electrons. The molecule has 5 nitrogen and oxygen atoms in total. The quantitative estimate of drug-likeness (QED) is 0.872. The van der Waals surface area contributed by atoms with Crippen LogP contribution in [0.4, 0.5) is 5.69 Å². The summed E-state index contributed by atoms with van der Waals surface area (Å²) in [6.07, 6.45) is 3.75. The zero-order valence-corrected chi connectivity index (χ0v) is 10.8. The minimum Gasteiger partial charge on any atom is -0.397 e. The number of thiazole rings is 1. The summed E-state index contributed by atoms with van der Waals surface area (Å²) in [5.74, 6) is -0.178. The second-order valence-corrected chi connectivity index (χ2v) is 4.79. The van der Waals surface area contributed by atoms with Gasteiger partial charge in [-0.2, -0.15) is 0 Å². The van der Waals surface area contributed by atoms with E-state index in [1.807, 2.05) is 12.3 Å². The number of nitrogens with one attached hydrogen (secondary N) is 1. The van der Waals surface area contributed by atoms with Crippen LogP contribution in [-0.2, 0) is 6.42 Å². The fourth-order valence-electron chi connectivity index (χ4n) is 1.51. The predicted molar refractivity (Wildman–Crippen MR) is 71.5 cm³/mol. The number of pyridine rings is 1. The summed E-state index contributed by atoms with van der Waals surface area (Å²) in [5, 5.41) is 5.84. The molecule has 0 spiro atoms. The molecule has 2 aromatic rings. The van der Waals surface area contributed by atoms with Crippen LogP contribution in [0.2, 0.25) is 0 Å². The monoisotopic (exact) mass is 262 g/mol. The van der Waals surface area contributed by atoms with E-state index in [2.05, 4.69) is 15.3 Å². The molecule has 2 heterocycles. The van der Waals surface area contributed by atoms with Crippen LogP contribution in [0.3, 0.4) is 0 Å². The van der Waals surface area contributed by atoms with E-state index in [9.17, 15) is 4.79 Å². The van der Waals surface area contributed by atoms with Crippen molar-refractivity contribution in [2.75, 3.05) is 12.3 Å². The third kappa shape index (κ3) is 3.04. The standard InChI is InChI=1S/C12H14N4OS/c1-8-7-18-11(16-8)3-5-15-12(17)9-2-4-14-6-10(9)13/h2,4,6-7H,3,5,13H2,1H3,(H,15,17). The van der Waals surface area contributed by atoms with Crippen LogP contribution in [0, 0.1) is 6.92 Å². The van der Waals surface area contributed by atoms with Crippen LogP contribution < -0.4 is 11.1 Å². The fraction of sp³-hybridized carbons (Fsp3) is 0.250. The maximum absolute atomic E-state index is 11.8. The second-order valence-electron chi connectivity index (χ2n) is 3.85. The van der Waals surface area contributed by atoms with Gasteiger partial charge in [-0.1, -0.05) is 0 Å². The molecule has 0 atom stereocenters. The number of anilines is 1. The molecular weight excluding hydrogens is 248 g/mol. The van der Waals surface area contributed by atoms with E-state index in [0.717, 1.165) is 17.1 Å². The number of aryl methyl sites for hydroxylation is 1. The van der Waals surface area contributed by atoms with Gasteiger partial charge in [0.1, 0.15) is 0 Å². The van der Waals surface area contributed by atoms with E-state index in [1.54, 1.807) is 23.6 Å². The average Bonchev–Trinajstić information content (AvgIpc) is 2.75. The number of carbonyl (C=O) groups excluding carboxylic acids is 1. The lowest BCUT2D eigenvalue weighted by molar-refractivity contribution is 0.0955. The van der Waals surface area contributed by atoms with Gasteiger partial charge in [0.25, 0.3) is 5.91 Å². The Morgan fingerprint density at radius 2 is 2.39 bits per heavy atom. The normalized spacial score (nSPS) is 10.3. The lowest BCUT2D eigenvalue weighted by atomic mass is 10.2. The highest BCUT2D eigenvalue weighted by Gasteiger charge is 2.08. The topological polar surface area (TPSA) is 80.9 Å². The molecule has 2 aromatic heterocycles. The highest BCUT2D eigenvalue weighted by molar-refractivity contribution is 7.09. The van der Waals surface area contributed by atoms with Gasteiger partial charge in [-0.05, 0) is 13.0 Å². The number of nitrogen functional groups attached to an aromatic ring is 1. The zero-order chi connectivity index (χ0) is 13.0. The van der Waals surface area contributed by atoms with Crippen LogP contribution >= 0.6 is 11.3 Å². The number of nitrogens with two attached hydrogens (primary N) is 1. The van der Waals surface area contributed by atoms with Crippen LogP contribution in [0.25, 0.3) is 0 Å². The summed E-state index contributed by atoms with van der Waals surface area (Å²) in [5.41, 5.74) is 7.54. The molecule has 0 bridgehead atoms. The van der Waals surface area contributed by atoms with Gasteiger partial charge in [-0.25, -0.2) is 4.98 Å². The zero-order valence-electron chi connectivity index (χ0n) is 10.0. The Labute approximate surface area is 109 Å². The number of nitrogens with zero attached hydrogens (tertiary/aromatic N) is 2. The molecule has 2 rings (SSSR count). The van der Waals surface area contributed by atoms with E-state index in [-0.39, 0.29) is 5.91 Å². The highest BCUT2D eigenvalue weighted by Crippen LogP contribution is 2.10. The fourth-order valence-corrected chi connectivity index (χ4v) is 2.29. The van der Waals surface area contributed by atoms with Crippen LogP contribution in [0.1, 0.15) is 21.1 Å². The van der Waals surface area contributed by atoms with Gasteiger partial charge in [0.15, 0.2) is 0 Å². The van der Waals surface area contributed by atoms with E-state index >= 15 is 0 Å². The van der Waals surface area contributed by atoms with Crippen molar-refractivity contribution >= 4 is 22.9 Å². The number of amides is 1. The van der Waals surface area contributed by atoms with Crippen molar-refractivity contribution in [2.24, 2.45) is 0 Å². The molecule has 1 amide bonds. The van der Waals surface area contributed by atoms with Gasteiger partial charge in [-0.15, -0.1) is 11.3 Å². The van der Waals surface area contributed by atoms with Crippen molar-refractivity contribution in [2.45, 2.75) is 13.3 Å². The largest absolute Gasteiger partial charge is 0.397 e. The van der Waals surface area contributed by atoms with Gasteiger partial charge in [0, 0.05) is 30.2 Å². The second kappa shape index (κ2) is 5.59. The van der Waals surface area contributed by atoms with Crippen molar-refractivity contribution in [1.29, 1.82) is 0 Å². The highest BCUT2D eigenvalue weighted by atomic mass is 32.1. The summed E-state index contributed by atoms with van der Waals surface area (Å²) >= 11 is 1.60. The summed E-state index contributed by atoms with van der Waals surface area (Å²) in [6.45, 7) is 2.50. The first kappa shape index (κ1) is 12.5. The van der Waals surface area contributed by atoms with Crippen LogP contribution in [0.5, 0.6) is 0 Å². The van der Waals surface area contributed by atoms with Gasteiger partial charge < -0.3 is 11.1 Å². The Kier molecular flexibility index (Phi) is 3.88. The Hall–Kier alpha value is -1.95. The van der Waals surface area contributed by atoms with E-state index in [4.69, 9.17) is 5.73 Å². The average molecular weight is 262 g/mol. The minimum absolute atomic E-state index is 0.178. The van der Waals surface area contributed by atoms with E-state index in [1.165, 1.54) is 6.20 Å². The predicted octanol–water partition coefficient (Wildman–Crippen LogP) is 1.40. The summed E-state index contributed by atoms with van der Waals surface area (Å²) < 4.78 is 0. The number of rotatable bonds is 4. The minimum atomic E-state index is -0.178. The van der Waals surface area contributed by atoms with Crippen molar-refractivity contribution in [3.63, 3.8) is 0 Å². The Bertz CT molecular complexity index is 553. The number of hydrogen-bond acceptors (Lipinski definition) is 5. The smallest absolute Gasteiger partial charge is 0.253 e. The number of aromatic nitrogens is 2. The maximum Gasteiger partial charge on any atom is 0.253 e. The number of carbonyl (C=O) groups is 1. The SMILES string of the molecule is Cc1csc(CCNC(=O)c2ccncc2N)n1. The lowest BCUT2D eigenvalue weighted by Crippen LogP contribution is -2.26. The molecule has 0 aliphatic heterocycles. The van der Waals surface area contributed by atoms with Gasteiger partial charge in [-0.3, -0.25) is 9.78 Å². The Balaban J connectivity index is 1.87. The number of hydrogen-bond donors (Lipinski definition) is 2. The van der Waals surface area contributed by atoms with E-state index in [0.29, 0.717) is 17.8 Å². The molecule has 0 saturated carbocycles. The molecule has 18 heavy (non-hydrogen) atoms. The van der Waals surface area contributed by atoms with Crippen molar-refractivity contribution < 1.29 is 4.79 Å². The molecule has 0 saturated heterocycles. The van der Waals surface area contributed by atoms with Crippen molar-refractivity contribution in [3.8, 4) is 0 Å². The third-order valence-electron chi connectivity index (χ3n) is 2.39. The van der Waals surface area contributed by atoms with Crippen molar-refractivity contribution in [3.05, 3.63) is 40.1 Å². The molecule has 0 aliphatic carbocycles. The first-order chi connectivity index (χ1) is 8.66. The summed E-state index contributed by atoms with van der Waals surface area (Å²) in [6, 6.07) is 1.61. The molecule has 0 radical (unpaired) electrons. The molecule has 0 aliphatic rings. The van der Waals surface area contributed by atoms with Gasteiger partial charge in [0.05, 0.1) is 22.5 Å². The van der Waals surface area contributed by atoms with Crippen molar-refractivity contribution in [1.82, 2.24) is 15.3 Å². The van der Waals surface area contributed by atoms with E-state index < -0.39 is 0 Å². The van der Waals surface area contributed by atoms with Gasteiger partial charge in [0.2, 0.25) is 0 Å². The molecular formula is C12H14N4OS. The third-order valence-corrected chi connectivity index (χ3v) is 3.41. The molecule has 0 unspecified atom stereocenters. The Morgan fingerprint density at radius 1 is 1.56 bits per heavy atom. The van der Waals surface area contributed by atoms with Crippen LogP contribution in [-0.4, -0.2) is 22.4 Å². The van der Waals surface area contributed by atoms with Gasteiger partial charge >= 0.3 is 0 Å². The Morgan fingerprint density at radius 3 is 3.06 bits per heavy atom. The first-order valence-electron chi connectivity index (χ1n) is 5.55. The molecule has 3 N–H and O–H groups in total. The molecule has 0 fully saturated rings. The molecule has 0 aromatic carbocycles.